The van der Waals surface area contributed by atoms with Crippen molar-refractivity contribution in [3.05, 3.63) is 0 Å². The van der Waals surface area contributed by atoms with Gasteiger partial charge in [0.2, 0.25) is 0 Å². The molecule has 3 rings (SSSR count). The van der Waals surface area contributed by atoms with Crippen molar-refractivity contribution in [1.82, 2.24) is 0 Å². The summed E-state index contributed by atoms with van der Waals surface area (Å²) in [6.07, 6.45) is 21.9. The maximum Gasteiger partial charge on any atom is 0.305 e. The van der Waals surface area contributed by atoms with Crippen LogP contribution in [0.25, 0.3) is 0 Å². The molecular formula is C25H44O2. The van der Waals surface area contributed by atoms with Crippen molar-refractivity contribution in [1.29, 1.82) is 0 Å². The first-order valence-corrected chi connectivity index (χ1v) is 12.4. The van der Waals surface area contributed by atoms with Gasteiger partial charge in [0, 0.05) is 6.42 Å². The Hall–Kier alpha value is -0.530. The third-order valence-corrected chi connectivity index (χ3v) is 8.39. The SMILES string of the molecule is CCC(=O)O[C@H]1CC[C@H]([C@H]2CC[C@H](CC[C@H]3CC[C@H](CC)CC3)CC2)CC1. The average molecular weight is 377 g/mol. The lowest BCUT2D eigenvalue weighted by Crippen LogP contribution is -2.29. The number of hydrogen-bond donors (Lipinski definition) is 0. The molecule has 0 aromatic carbocycles. The van der Waals surface area contributed by atoms with Gasteiger partial charge in [0.25, 0.3) is 0 Å². The number of esters is 1. The molecule has 156 valence electrons. The van der Waals surface area contributed by atoms with E-state index in [1.165, 1.54) is 83.5 Å². The second-order valence-corrected chi connectivity index (χ2v) is 10.0. The van der Waals surface area contributed by atoms with Crippen LogP contribution in [0, 0.1) is 29.6 Å². The molecule has 3 aliphatic carbocycles. The minimum Gasteiger partial charge on any atom is -0.462 e. The van der Waals surface area contributed by atoms with Crippen molar-refractivity contribution in [3.63, 3.8) is 0 Å². The molecule has 2 heteroatoms. The highest BCUT2D eigenvalue weighted by molar-refractivity contribution is 5.69. The van der Waals surface area contributed by atoms with Crippen LogP contribution < -0.4 is 0 Å². The van der Waals surface area contributed by atoms with Crippen LogP contribution in [-0.2, 0) is 9.53 Å². The number of hydrogen-bond acceptors (Lipinski definition) is 2. The zero-order valence-corrected chi connectivity index (χ0v) is 18.1. The Morgan fingerprint density at radius 2 is 1.11 bits per heavy atom. The minimum absolute atomic E-state index is 0.0119. The summed E-state index contributed by atoms with van der Waals surface area (Å²) in [5.74, 6) is 4.97. The lowest BCUT2D eigenvalue weighted by atomic mass is 9.69. The Balaban J connectivity index is 1.29. The molecule has 3 aliphatic rings. The predicted octanol–water partition coefficient (Wildman–Crippen LogP) is 7.30. The fraction of sp³-hybridized carbons (Fsp3) is 0.960. The average Bonchev–Trinajstić information content (AvgIpc) is 2.73. The molecule has 0 atom stereocenters. The van der Waals surface area contributed by atoms with Gasteiger partial charge in [0.05, 0.1) is 0 Å². The van der Waals surface area contributed by atoms with E-state index in [4.69, 9.17) is 4.74 Å². The summed E-state index contributed by atoms with van der Waals surface area (Å²) >= 11 is 0. The first kappa shape index (κ1) is 21.2. The van der Waals surface area contributed by atoms with Gasteiger partial charge in [-0.2, -0.15) is 0 Å². The standard InChI is InChI=1S/C25H44O2/c1-3-19-5-7-20(8-6-19)9-10-21-11-13-22(14-12-21)23-15-17-24(18-16-23)27-25(26)4-2/h19-24H,3-18H2,1-2H3/t19-,20-,21-,22-,23-,24-. The van der Waals surface area contributed by atoms with E-state index in [1.807, 2.05) is 6.92 Å². The summed E-state index contributed by atoms with van der Waals surface area (Å²) in [5, 5.41) is 0. The Labute approximate surface area is 168 Å². The number of ether oxygens (including phenoxy) is 1. The van der Waals surface area contributed by atoms with Gasteiger partial charge < -0.3 is 4.74 Å². The Bertz CT molecular complexity index is 422. The maximum absolute atomic E-state index is 11.5. The van der Waals surface area contributed by atoms with Gasteiger partial charge >= 0.3 is 5.97 Å². The van der Waals surface area contributed by atoms with Crippen molar-refractivity contribution >= 4 is 5.97 Å². The van der Waals surface area contributed by atoms with Crippen molar-refractivity contribution in [2.45, 2.75) is 123 Å². The first-order valence-electron chi connectivity index (χ1n) is 12.4. The highest BCUT2D eigenvalue weighted by atomic mass is 16.5. The highest BCUT2D eigenvalue weighted by Gasteiger charge is 2.32. The Kier molecular flexibility index (Phi) is 8.52. The van der Waals surface area contributed by atoms with Crippen molar-refractivity contribution < 1.29 is 9.53 Å². The van der Waals surface area contributed by atoms with Gasteiger partial charge in [-0.25, -0.2) is 0 Å². The van der Waals surface area contributed by atoms with Crippen LogP contribution in [0.2, 0.25) is 0 Å². The van der Waals surface area contributed by atoms with E-state index < -0.39 is 0 Å². The Morgan fingerprint density at radius 3 is 1.59 bits per heavy atom. The molecule has 0 aromatic rings. The van der Waals surface area contributed by atoms with Crippen molar-refractivity contribution in [3.8, 4) is 0 Å². The molecule has 0 aliphatic heterocycles. The van der Waals surface area contributed by atoms with Gasteiger partial charge in [-0.3, -0.25) is 4.79 Å². The van der Waals surface area contributed by atoms with E-state index in [0.29, 0.717) is 6.42 Å². The molecule has 0 spiro atoms. The number of rotatable bonds is 7. The molecule has 0 saturated heterocycles. The van der Waals surface area contributed by atoms with Gasteiger partial charge in [-0.05, 0) is 68.1 Å². The van der Waals surface area contributed by atoms with Crippen LogP contribution in [-0.4, -0.2) is 12.1 Å². The minimum atomic E-state index is -0.0119. The van der Waals surface area contributed by atoms with E-state index in [1.54, 1.807) is 0 Å². The first-order chi connectivity index (χ1) is 13.2. The molecule has 2 nitrogen and oxygen atoms in total. The Morgan fingerprint density at radius 1 is 0.667 bits per heavy atom. The summed E-state index contributed by atoms with van der Waals surface area (Å²) in [6, 6.07) is 0. The quantitative estimate of drug-likeness (QED) is 0.436. The summed E-state index contributed by atoms with van der Waals surface area (Å²) in [7, 11) is 0. The highest BCUT2D eigenvalue weighted by Crippen LogP contribution is 2.42. The van der Waals surface area contributed by atoms with Crippen LogP contribution in [0.15, 0.2) is 0 Å². The fourth-order valence-electron chi connectivity index (χ4n) is 6.30. The topological polar surface area (TPSA) is 26.3 Å². The summed E-state index contributed by atoms with van der Waals surface area (Å²) in [4.78, 5) is 11.5. The van der Waals surface area contributed by atoms with E-state index in [2.05, 4.69) is 6.92 Å². The van der Waals surface area contributed by atoms with Crippen LogP contribution in [0.1, 0.15) is 117 Å². The van der Waals surface area contributed by atoms with Crippen LogP contribution in [0.3, 0.4) is 0 Å². The van der Waals surface area contributed by atoms with Gasteiger partial charge in [-0.15, -0.1) is 0 Å². The van der Waals surface area contributed by atoms with Crippen molar-refractivity contribution in [2.75, 3.05) is 0 Å². The molecular weight excluding hydrogens is 332 g/mol. The molecule has 3 fully saturated rings. The molecule has 0 bridgehead atoms. The smallest absolute Gasteiger partial charge is 0.305 e. The molecule has 0 unspecified atom stereocenters. The van der Waals surface area contributed by atoms with Gasteiger partial charge in [0.1, 0.15) is 6.10 Å². The lowest BCUT2D eigenvalue weighted by Gasteiger charge is -2.38. The zero-order chi connectivity index (χ0) is 19.1. The fourth-order valence-corrected chi connectivity index (χ4v) is 6.30. The number of carbonyl (C=O) groups excluding carboxylic acids is 1. The summed E-state index contributed by atoms with van der Waals surface area (Å²) < 4.78 is 5.56. The largest absolute Gasteiger partial charge is 0.462 e. The third kappa shape index (κ3) is 6.50. The summed E-state index contributed by atoms with van der Waals surface area (Å²) in [6.45, 7) is 4.26. The maximum atomic E-state index is 11.5. The van der Waals surface area contributed by atoms with Crippen LogP contribution in [0.5, 0.6) is 0 Å². The predicted molar refractivity (Wildman–Crippen MR) is 113 cm³/mol. The molecule has 0 N–H and O–H groups in total. The molecule has 27 heavy (non-hydrogen) atoms. The molecule has 0 amide bonds. The normalized spacial score (nSPS) is 37.7. The van der Waals surface area contributed by atoms with Gasteiger partial charge in [-0.1, -0.05) is 71.6 Å². The third-order valence-electron chi connectivity index (χ3n) is 8.39. The zero-order valence-electron chi connectivity index (χ0n) is 18.1. The molecule has 0 radical (unpaired) electrons. The van der Waals surface area contributed by atoms with E-state index >= 15 is 0 Å². The monoisotopic (exact) mass is 376 g/mol. The van der Waals surface area contributed by atoms with Gasteiger partial charge in [0.15, 0.2) is 0 Å². The second kappa shape index (κ2) is 10.9. The summed E-state index contributed by atoms with van der Waals surface area (Å²) in [5.41, 5.74) is 0. The van der Waals surface area contributed by atoms with Crippen LogP contribution in [0.4, 0.5) is 0 Å². The second-order valence-electron chi connectivity index (χ2n) is 10.0. The molecule has 0 heterocycles. The molecule has 3 saturated carbocycles. The van der Waals surface area contributed by atoms with E-state index in [-0.39, 0.29) is 12.1 Å². The van der Waals surface area contributed by atoms with E-state index in [0.717, 1.165) is 42.4 Å². The van der Waals surface area contributed by atoms with E-state index in [9.17, 15) is 4.79 Å². The van der Waals surface area contributed by atoms with Crippen molar-refractivity contribution in [2.24, 2.45) is 29.6 Å². The molecule has 0 aromatic heterocycles. The van der Waals surface area contributed by atoms with Crippen LogP contribution >= 0.6 is 0 Å². The number of carbonyl (C=O) groups is 1. The lowest BCUT2D eigenvalue weighted by molar-refractivity contribution is -0.150.